The van der Waals surface area contributed by atoms with Crippen LogP contribution in [0.15, 0.2) is 18.3 Å². The number of aromatic nitrogens is 1. The topological polar surface area (TPSA) is 82.6 Å². The van der Waals surface area contributed by atoms with Crippen LogP contribution in [0.4, 0.5) is 13.2 Å². The fraction of sp³-hybridized carbons (Fsp3) is 0.600. The van der Waals surface area contributed by atoms with Gasteiger partial charge >= 0.3 is 21.6 Å². The summed E-state index contributed by atoms with van der Waals surface area (Å²) < 4.78 is 67.4. The van der Waals surface area contributed by atoms with E-state index in [9.17, 15) is 26.4 Å². The zero-order valence-corrected chi connectivity index (χ0v) is 14.3. The third kappa shape index (κ3) is 5.07. The summed E-state index contributed by atoms with van der Waals surface area (Å²) in [6, 6.07) is 2.62. The number of esters is 1. The Morgan fingerprint density at radius 2 is 1.88 bits per heavy atom. The monoisotopic (exact) mass is 381 g/mol. The summed E-state index contributed by atoms with van der Waals surface area (Å²) in [6.07, 6.45) is 4.56. The van der Waals surface area contributed by atoms with E-state index >= 15 is 0 Å². The quantitative estimate of drug-likeness (QED) is 0.443. The van der Waals surface area contributed by atoms with Crippen LogP contribution < -0.4 is 4.18 Å². The molecule has 0 atom stereocenters. The first-order valence-corrected chi connectivity index (χ1v) is 9.06. The van der Waals surface area contributed by atoms with Crippen LogP contribution in [-0.2, 0) is 19.6 Å². The second kappa shape index (κ2) is 7.59. The summed E-state index contributed by atoms with van der Waals surface area (Å²) in [5.74, 6) is -0.361. The summed E-state index contributed by atoms with van der Waals surface area (Å²) in [4.78, 5) is 15.3. The Hall–Kier alpha value is -1.84. The van der Waals surface area contributed by atoms with Crippen molar-refractivity contribution >= 4 is 16.1 Å². The highest BCUT2D eigenvalue weighted by molar-refractivity contribution is 7.87. The third-order valence-corrected chi connectivity index (χ3v) is 5.18. The van der Waals surface area contributed by atoms with Crippen molar-refractivity contribution in [2.24, 2.45) is 5.92 Å². The van der Waals surface area contributed by atoms with Gasteiger partial charge in [0.2, 0.25) is 0 Å². The highest BCUT2D eigenvalue weighted by Gasteiger charge is 2.48. The van der Waals surface area contributed by atoms with Gasteiger partial charge in [0, 0.05) is 18.0 Å². The third-order valence-electron chi connectivity index (χ3n) is 4.20. The molecule has 6 nitrogen and oxygen atoms in total. The lowest BCUT2D eigenvalue weighted by atomic mass is 9.79. The van der Waals surface area contributed by atoms with Gasteiger partial charge in [-0.1, -0.05) is 0 Å². The maximum Gasteiger partial charge on any atom is 0.534 e. The molecule has 1 fully saturated rings. The molecule has 0 saturated heterocycles. The number of hydrogen-bond donors (Lipinski definition) is 0. The maximum atomic E-state index is 12.3. The normalized spacial score (nSPS) is 21.6. The second-order valence-corrected chi connectivity index (χ2v) is 7.44. The van der Waals surface area contributed by atoms with E-state index in [2.05, 4.69) is 13.9 Å². The zero-order chi connectivity index (χ0) is 18.7. The van der Waals surface area contributed by atoms with Crippen molar-refractivity contribution in [2.75, 3.05) is 7.11 Å². The molecule has 1 heterocycles. The van der Waals surface area contributed by atoms with Crippen LogP contribution in [0.2, 0.25) is 0 Å². The maximum absolute atomic E-state index is 12.3. The number of alkyl halides is 3. The average molecular weight is 381 g/mol. The van der Waals surface area contributed by atoms with Gasteiger partial charge in [-0.05, 0) is 43.7 Å². The fourth-order valence-corrected chi connectivity index (χ4v) is 3.28. The van der Waals surface area contributed by atoms with Crippen molar-refractivity contribution in [1.29, 1.82) is 0 Å². The Morgan fingerprint density at radius 3 is 2.36 bits per heavy atom. The van der Waals surface area contributed by atoms with Crippen LogP contribution in [-0.4, -0.2) is 32.0 Å². The van der Waals surface area contributed by atoms with E-state index in [1.807, 2.05) is 0 Å². The molecule has 1 saturated carbocycles. The molecule has 1 aromatic heterocycles. The Bertz CT molecular complexity index is 695. The first kappa shape index (κ1) is 19.5. The number of carbonyl (C=O) groups excluding carboxylic acids is 1. The Kier molecular flexibility index (Phi) is 5.91. The van der Waals surface area contributed by atoms with Gasteiger partial charge in [-0.3, -0.25) is 9.78 Å². The van der Waals surface area contributed by atoms with Crippen molar-refractivity contribution in [3.05, 3.63) is 24.0 Å². The number of carbonyl (C=O) groups is 1. The van der Waals surface area contributed by atoms with Gasteiger partial charge in [0.1, 0.15) is 0 Å². The Balaban J connectivity index is 1.94. The molecule has 0 amide bonds. The SMILES string of the molecule is COC(=O)CC1CCC(c2ccc(OS(=O)(=O)C(F)(F)F)cn2)CC1. The molecular weight excluding hydrogens is 363 g/mol. The van der Waals surface area contributed by atoms with Crippen molar-refractivity contribution in [1.82, 2.24) is 4.98 Å². The lowest BCUT2D eigenvalue weighted by Gasteiger charge is -2.27. The molecule has 1 aromatic rings. The van der Waals surface area contributed by atoms with Gasteiger partial charge in [0.15, 0.2) is 5.75 Å². The van der Waals surface area contributed by atoms with E-state index in [0.717, 1.165) is 37.9 Å². The van der Waals surface area contributed by atoms with Crippen molar-refractivity contribution < 1.29 is 35.3 Å². The number of pyridine rings is 1. The molecule has 0 bridgehead atoms. The second-order valence-electron chi connectivity index (χ2n) is 5.90. The molecule has 10 heteroatoms. The number of halogens is 3. The van der Waals surface area contributed by atoms with Crippen LogP contribution in [0.1, 0.15) is 43.7 Å². The van der Waals surface area contributed by atoms with Crippen LogP contribution in [0.25, 0.3) is 0 Å². The van der Waals surface area contributed by atoms with Crippen molar-refractivity contribution in [3.63, 3.8) is 0 Å². The van der Waals surface area contributed by atoms with Gasteiger partial charge in [0.05, 0.1) is 13.3 Å². The minimum absolute atomic E-state index is 0.113. The molecule has 0 spiro atoms. The predicted octanol–water partition coefficient (Wildman–Crippen LogP) is 3.15. The van der Waals surface area contributed by atoms with Crippen LogP contribution in [0.3, 0.4) is 0 Å². The van der Waals surface area contributed by atoms with E-state index in [4.69, 9.17) is 0 Å². The molecule has 0 aliphatic heterocycles. The molecule has 0 N–H and O–H groups in total. The summed E-state index contributed by atoms with van der Waals surface area (Å²) in [6.45, 7) is 0. The standard InChI is InChI=1S/C15H18F3NO5S/c1-23-14(20)8-10-2-4-11(5-3-10)13-7-6-12(9-19-13)24-25(21,22)15(16,17)18/h6-7,9-11H,2-5,8H2,1H3. The zero-order valence-electron chi connectivity index (χ0n) is 13.5. The van der Waals surface area contributed by atoms with E-state index in [1.54, 1.807) is 0 Å². The van der Waals surface area contributed by atoms with Crippen molar-refractivity contribution in [3.8, 4) is 5.75 Å². The van der Waals surface area contributed by atoms with Crippen LogP contribution >= 0.6 is 0 Å². The highest BCUT2D eigenvalue weighted by Crippen LogP contribution is 2.37. The van der Waals surface area contributed by atoms with E-state index < -0.39 is 21.4 Å². The smallest absolute Gasteiger partial charge is 0.469 e. The molecule has 140 valence electrons. The molecule has 0 aromatic carbocycles. The van der Waals surface area contributed by atoms with Gasteiger partial charge < -0.3 is 8.92 Å². The minimum Gasteiger partial charge on any atom is -0.469 e. The number of hydrogen-bond acceptors (Lipinski definition) is 6. The first-order chi connectivity index (χ1) is 11.6. The summed E-state index contributed by atoms with van der Waals surface area (Å²) in [5.41, 5.74) is -4.82. The number of nitrogens with zero attached hydrogens (tertiary/aromatic N) is 1. The molecule has 1 aliphatic carbocycles. The summed E-state index contributed by atoms with van der Waals surface area (Å²) >= 11 is 0. The minimum atomic E-state index is -5.69. The van der Waals surface area contributed by atoms with Crippen molar-refractivity contribution in [2.45, 2.75) is 43.5 Å². The largest absolute Gasteiger partial charge is 0.534 e. The lowest BCUT2D eigenvalue weighted by molar-refractivity contribution is -0.142. The van der Waals surface area contributed by atoms with E-state index in [-0.39, 0.29) is 17.8 Å². The molecule has 1 aliphatic rings. The van der Waals surface area contributed by atoms with Crippen LogP contribution in [0.5, 0.6) is 5.75 Å². The summed E-state index contributed by atoms with van der Waals surface area (Å²) in [5, 5.41) is 0. The number of methoxy groups -OCH3 is 1. The Labute approximate surface area is 143 Å². The van der Waals surface area contributed by atoms with E-state index in [0.29, 0.717) is 12.1 Å². The lowest BCUT2D eigenvalue weighted by Crippen LogP contribution is -2.28. The highest BCUT2D eigenvalue weighted by atomic mass is 32.2. The Morgan fingerprint density at radius 1 is 1.24 bits per heavy atom. The molecule has 2 rings (SSSR count). The average Bonchev–Trinajstić information content (AvgIpc) is 2.55. The molecule has 25 heavy (non-hydrogen) atoms. The number of ether oxygens (including phenoxy) is 1. The molecule has 0 unspecified atom stereocenters. The van der Waals surface area contributed by atoms with E-state index in [1.165, 1.54) is 13.2 Å². The molecule has 0 radical (unpaired) electrons. The van der Waals surface area contributed by atoms with Gasteiger partial charge in [-0.25, -0.2) is 0 Å². The van der Waals surface area contributed by atoms with Crippen LogP contribution in [0, 0.1) is 5.92 Å². The summed E-state index contributed by atoms with van der Waals surface area (Å²) in [7, 11) is -4.35. The first-order valence-electron chi connectivity index (χ1n) is 7.66. The van der Waals surface area contributed by atoms with Gasteiger partial charge in [-0.2, -0.15) is 21.6 Å². The number of rotatable bonds is 5. The fourth-order valence-electron chi connectivity index (χ4n) is 2.84. The predicted molar refractivity (Wildman–Crippen MR) is 81.2 cm³/mol. The van der Waals surface area contributed by atoms with Gasteiger partial charge in [0.25, 0.3) is 0 Å². The molecular formula is C15H18F3NO5S. The van der Waals surface area contributed by atoms with Gasteiger partial charge in [-0.15, -0.1) is 0 Å².